The maximum atomic E-state index is 14.2. The number of hydrogen-bond acceptors (Lipinski definition) is 4. The second kappa shape index (κ2) is 6.23. The van der Waals surface area contributed by atoms with Gasteiger partial charge in [0, 0.05) is 27.5 Å². The summed E-state index contributed by atoms with van der Waals surface area (Å²) in [5, 5.41) is 1.84. The van der Waals surface area contributed by atoms with Gasteiger partial charge < -0.3 is 13.6 Å². The normalized spacial score (nSPS) is 13.8. The highest BCUT2D eigenvalue weighted by molar-refractivity contribution is 6.05. The van der Waals surface area contributed by atoms with E-state index in [1.165, 1.54) is 13.2 Å². The lowest BCUT2D eigenvalue weighted by atomic mass is 9.89. The molecular formula is C23H19FO4. The second-order valence-corrected chi connectivity index (χ2v) is 7.31. The molecule has 142 valence electrons. The monoisotopic (exact) mass is 378 g/mol. The first-order valence-electron chi connectivity index (χ1n) is 9.41. The minimum Gasteiger partial charge on any atom is -0.494 e. The summed E-state index contributed by atoms with van der Waals surface area (Å²) in [7, 11) is 1.44. The standard InChI is InChI=1S/C23H19FO4/c1-12-21-17(18(11-27-21)13-7-8-20(26-2)19(24)9-13)10-16-14-5-3-4-6-15(14)23(25)28-22(12)16/h7-11H,3-6H2,1-2H3. The number of benzene rings is 2. The minimum absolute atomic E-state index is 0.203. The molecule has 0 spiro atoms. The highest BCUT2D eigenvalue weighted by Gasteiger charge is 2.22. The van der Waals surface area contributed by atoms with Gasteiger partial charge in [-0.25, -0.2) is 9.18 Å². The highest BCUT2D eigenvalue weighted by Crippen LogP contribution is 2.39. The third-order valence-corrected chi connectivity index (χ3v) is 5.74. The van der Waals surface area contributed by atoms with Gasteiger partial charge in [0.2, 0.25) is 0 Å². The molecule has 2 heterocycles. The van der Waals surface area contributed by atoms with Gasteiger partial charge in [-0.15, -0.1) is 0 Å². The van der Waals surface area contributed by atoms with Crippen LogP contribution in [0.5, 0.6) is 5.75 Å². The van der Waals surface area contributed by atoms with Crippen LogP contribution in [0.25, 0.3) is 33.1 Å². The first-order chi connectivity index (χ1) is 13.6. The quantitative estimate of drug-likeness (QED) is 0.430. The number of rotatable bonds is 2. The molecule has 4 nitrogen and oxygen atoms in total. The third kappa shape index (κ3) is 2.39. The zero-order valence-electron chi connectivity index (χ0n) is 15.7. The van der Waals surface area contributed by atoms with Gasteiger partial charge in [0.1, 0.15) is 11.2 Å². The largest absolute Gasteiger partial charge is 0.494 e. The zero-order chi connectivity index (χ0) is 19.4. The van der Waals surface area contributed by atoms with Crippen molar-refractivity contribution in [1.82, 2.24) is 0 Å². The van der Waals surface area contributed by atoms with Crippen molar-refractivity contribution in [2.45, 2.75) is 32.6 Å². The molecule has 4 aromatic rings. The molecule has 5 rings (SSSR count). The van der Waals surface area contributed by atoms with Gasteiger partial charge in [0.25, 0.3) is 0 Å². The minimum atomic E-state index is -0.421. The number of methoxy groups -OCH3 is 1. The SMILES string of the molecule is COc1ccc(-c2coc3c(C)c4oc(=O)c5c(c4cc23)CCCC5)cc1F. The molecule has 0 N–H and O–H groups in total. The van der Waals surface area contributed by atoms with E-state index in [9.17, 15) is 9.18 Å². The Morgan fingerprint density at radius 2 is 1.82 bits per heavy atom. The summed E-state index contributed by atoms with van der Waals surface area (Å²) in [4.78, 5) is 12.4. The molecule has 0 unspecified atom stereocenters. The zero-order valence-corrected chi connectivity index (χ0v) is 15.7. The number of furan rings is 1. The van der Waals surface area contributed by atoms with Gasteiger partial charge >= 0.3 is 5.63 Å². The molecule has 1 aliphatic carbocycles. The van der Waals surface area contributed by atoms with Crippen LogP contribution in [0, 0.1) is 12.7 Å². The summed E-state index contributed by atoms with van der Waals surface area (Å²) in [6.45, 7) is 1.89. The summed E-state index contributed by atoms with van der Waals surface area (Å²) in [5.74, 6) is -0.218. The Kier molecular flexibility index (Phi) is 3.79. The van der Waals surface area contributed by atoms with Gasteiger partial charge in [0.05, 0.1) is 13.4 Å². The third-order valence-electron chi connectivity index (χ3n) is 5.74. The molecule has 0 fully saturated rings. The summed E-state index contributed by atoms with van der Waals surface area (Å²) < 4.78 is 30.7. The van der Waals surface area contributed by atoms with Gasteiger partial charge in [0.15, 0.2) is 11.6 Å². The van der Waals surface area contributed by atoms with E-state index in [4.69, 9.17) is 13.6 Å². The number of halogens is 1. The van der Waals surface area contributed by atoms with Crippen LogP contribution in [0.3, 0.4) is 0 Å². The molecule has 5 heteroatoms. The lowest BCUT2D eigenvalue weighted by molar-refractivity contribution is 0.386. The van der Waals surface area contributed by atoms with Gasteiger partial charge in [-0.3, -0.25) is 0 Å². The average Bonchev–Trinajstić information content (AvgIpc) is 3.13. The number of fused-ring (bicyclic) bond motifs is 4. The van der Waals surface area contributed by atoms with Crippen LogP contribution in [-0.4, -0.2) is 7.11 Å². The number of ether oxygens (including phenoxy) is 1. The molecular weight excluding hydrogens is 359 g/mol. The highest BCUT2D eigenvalue weighted by atomic mass is 19.1. The van der Waals surface area contributed by atoms with Crippen molar-refractivity contribution in [3.05, 3.63) is 63.5 Å². The topological polar surface area (TPSA) is 52.6 Å². The molecule has 0 aliphatic heterocycles. The van der Waals surface area contributed by atoms with Crippen molar-refractivity contribution in [1.29, 1.82) is 0 Å². The molecule has 0 saturated heterocycles. The van der Waals surface area contributed by atoms with E-state index in [0.29, 0.717) is 16.7 Å². The van der Waals surface area contributed by atoms with Crippen LogP contribution in [-0.2, 0) is 12.8 Å². The predicted octanol–water partition coefficient (Wildman–Crippen LogP) is 5.54. The van der Waals surface area contributed by atoms with Crippen molar-refractivity contribution >= 4 is 21.9 Å². The number of aryl methyl sites for hydroxylation is 2. The van der Waals surface area contributed by atoms with E-state index in [2.05, 4.69) is 0 Å². The van der Waals surface area contributed by atoms with E-state index in [0.717, 1.165) is 58.7 Å². The summed E-state index contributed by atoms with van der Waals surface area (Å²) in [6, 6.07) is 6.89. The van der Waals surface area contributed by atoms with Crippen molar-refractivity contribution in [2.24, 2.45) is 0 Å². The Bertz CT molecular complexity index is 1300. The average molecular weight is 378 g/mol. The Morgan fingerprint density at radius 1 is 1.04 bits per heavy atom. The van der Waals surface area contributed by atoms with Gasteiger partial charge in [-0.05, 0) is 61.9 Å². The Morgan fingerprint density at radius 3 is 2.57 bits per heavy atom. The molecule has 2 aromatic heterocycles. The van der Waals surface area contributed by atoms with Crippen LogP contribution in [0.15, 0.2) is 44.2 Å². The van der Waals surface area contributed by atoms with Crippen LogP contribution in [0.2, 0.25) is 0 Å². The van der Waals surface area contributed by atoms with Crippen molar-refractivity contribution in [3.63, 3.8) is 0 Å². The maximum Gasteiger partial charge on any atom is 0.339 e. The Balaban J connectivity index is 1.82. The van der Waals surface area contributed by atoms with Gasteiger partial charge in [-0.2, -0.15) is 0 Å². The molecule has 0 bridgehead atoms. The van der Waals surface area contributed by atoms with E-state index in [-0.39, 0.29) is 11.4 Å². The molecule has 0 atom stereocenters. The molecule has 1 aliphatic rings. The van der Waals surface area contributed by atoms with Crippen LogP contribution < -0.4 is 10.4 Å². The second-order valence-electron chi connectivity index (χ2n) is 7.31. The van der Waals surface area contributed by atoms with Crippen LogP contribution in [0.1, 0.15) is 29.5 Å². The summed E-state index contributed by atoms with van der Waals surface area (Å²) in [5.41, 5.74) is 5.16. The fourth-order valence-electron chi connectivity index (χ4n) is 4.31. The summed E-state index contributed by atoms with van der Waals surface area (Å²) in [6.07, 6.45) is 5.32. The number of hydrogen-bond donors (Lipinski definition) is 0. The van der Waals surface area contributed by atoms with E-state index >= 15 is 0 Å². The Labute approximate surface area is 160 Å². The molecule has 0 saturated carbocycles. The van der Waals surface area contributed by atoms with Gasteiger partial charge in [-0.1, -0.05) is 6.07 Å². The van der Waals surface area contributed by atoms with Crippen molar-refractivity contribution in [2.75, 3.05) is 7.11 Å². The fourth-order valence-corrected chi connectivity index (χ4v) is 4.31. The lowest BCUT2D eigenvalue weighted by Gasteiger charge is -2.17. The molecule has 0 radical (unpaired) electrons. The first kappa shape index (κ1) is 17.0. The van der Waals surface area contributed by atoms with Crippen LogP contribution >= 0.6 is 0 Å². The Hall–Kier alpha value is -3.08. The van der Waals surface area contributed by atoms with E-state index in [1.54, 1.807) is 12.3 Å². The van der Waals surface area contributed by atoms with E-state index < -0.39 is 5.82 Å². The lowest BCUT2D eigenvalue weighted by Crippen LogP contribution is -2.16. The molecule has 2 aromatic carbocycles. The van der Waals surface area contributed by atoms with E-state index in [1.807, 2.05) is 19.1 Å². The summed E-state index contributed by atoms with van der Waals surface area (Å²) >= 11 is 0. The van der Waals surface area contributed by atoms with Crippen molar-refractivity contribution in [3.8, 4) is 16.9 Å². The maximum absolute atomic E-state index is 14.2. The molecule has 28 heavy (non-hydrogen) atoms. The fraction of sp³-hybridized carbons (Fsp3) is 0.261. The predicted molar refractivity (Wildman–Crippen MR) is 106 cm³/mol. The van der Waals surface area contributed by atoms with Crippen LogP contribution in [0.4, 0.5) is 4.39 Å². The molecule has 0 amide bonds. The first-order valence-corrected chi connectivity index (χ1v) is 9.41. The smallest absolute Gasteiger partial charge is 0.339 e. The van der Waals surface area contributed by atoms with Crippen molar-refractivity contribution < 1.29 is 18.0 Å².